The predicted molar refractivity (Wildman–Crippen MR) is 159 cm³/mol. The number of hydrogen-bond acceptors (Lipinski definition) is 4. The molecule has 6 nitrogen and oxygen atoms in total. The second-order valence-corrected chi connectivity index (χ2v) is 10.1. The maximum Gasteiger partial charge on any atom is 0.269 e. The van der Waals surface area contributed by atoms with E-state index in [1.807, 2.05) is 10.5 Å². The number of hydrogen-bond donors (Lipinski definition) is 1. The SMILES string of the molecule is Cc1ccc2c(C3CCN(CCc4c(C)ccc5c4ccc4c(C(N)=O)ncn45)CC3)cccc2n1.Cl.Cl. The van der Waals surface area contributed by atoms with Gasteiger partial charge in [-0.3, -0.25) is 14.2 Å². The fraction of sp³-hybridized carbons (Fsp3) is 0.300. The predicted octanol–water partition coefficient (Wildman–Crippen LogP) is 6.02. The number of nitrogens with zero attached hydrogens (tertiary/aromatic N) is 4. The molecular formula is C30H33Cl2N5O. The number of piperidine rings is 1. The molecule has 1 saturated heterocycles. The molecule has 5 aromatic rings. The van der Waals surface area contributed by atoms with Gasteiger partial charge in [-0.1, -0.05) is 30.3 Å². The maximum absolute atomic E-state index is 11.7. The Morgan fingerprint density at radius 2 is 1.68 bits per heavy atom. The molecule has 0 bridgehead atoms. The molecule has 38 heavy (non-hydrogen) atoms. The van der Waals surface area contributed by atoms with Crippen LogP contribution in [0.5, 0.6) is 0 Å². The summed E-state index contributed by atoms with van der Waals surface area (Å²) < 4.78 is 1.98. The quantitative estimate of drug-likeness (QED) is 0.291. The van der Waals surface area contributed by atoms with Crippen molar-refractivity contribution in [1.29, 1.82) is 0 Å². The summed E-state index contributed by atoms with van der Waals surface area (Å²) in [6, 6.07) is 19.3. The van der Waals surface area contributed by atoms with Crippen LogP contribution in [0.15, 0.2) is 60.9 Å². The van der Waals surface area contributed by atoms with Crippen molar-refractivity contribution in [2.24, 2.45) is 5.73 Å². The standard InChI is InChI=1S/C30H31N5O.2ClH/c1-19-6-10-27-25(9-11-28-29(30(31)36)32-18-35(27)28)22(19)14-17-34-15-12-21(13-16-34)23-4-3-5-26-24(23)8-7-20(2)33-26;;/h3-11,18,21H,12-17H2,1-2H3,(H2,31,36);2*1H. The van der Waals surface area contributed by atoms with Gasteiger partial charge in [-0.2, -0.15) is 0 Å². The molecule has 8 heteroatoms. The van der Waals surface area contributed by atoms with Crippen molar-refractivity contribution in [3.63, 3.8) is 0 Å². The minimum absolute atomic E-state index is 0. The zero-order chi connectivity index (χ0) is 24.8. The van der Waals surface area contributed by atoms with Crippen molar-refractivity contribution < 1.29 is 4.79 Å². The van der Waals surface area contributed by atoms with Crippen LogP contribution in [-0.2, 0) is 6.42 Å². The first-order valence-electron chi connectivity index (χ1n) is 12.8. The van der Waals surface area contributed by atoms with Crippen molar-refractivity contribution >= 4 is 58.0 Å². The molecular weight excluding hydrogens is 517 g/mol. The highest BCUT2D eigenvalue weighted by molar-refractivity contribution is 5.99. The van der Waals surface area contributed by atoms with Gasteiger partial charge < -0.3 is 10.6 Å². The summed E-state index contributed by atoms with van der Waals surface area (Å²) in [5, 5.41) is 2.52. The number of nitrogens with two attached hydrogens (primary N) is 1. The summed E-state index contributed by atoms with van der Waals surface area (Å²) in [7, 11) is 0. The Morgan fingerprint density at radius 3 is 2.45 bits per heavy atom. The van der Waals surface area contributed by atoms with E-state index in [1.165, 1.54) is 40.3 Å². The fourth-order valence-electron chi connectivity index (χ4n) is 5.92. The van der Waals surface area contributed by atoms with Gasteiger partial charge in [-0.25, -0.2) is 4.98 Å². The zero-order valence-corrected chi connectivity index (χ0v) is 23.3. The Kier molecular flexibility index (Phi) is 8.26. The van der Waals surface area contributed by atoms with Crippen LogP contribution < -0.4 is 5.73 Å². The monoisotopic (exact) mass is 549 g/mol. The molecule has 0 spiro atoms. The van der Waals surface area contributed by atoms with Crippen LogP contribution in [0.1, 0.15) is 51.6 Å². The molecule has 1 aliphatic rings. The smallest absolute Gasteiger partial charge is 0.269 e. The number of carbonyl (C=O) groups is 1. The Bertz CT molecular complexity index is 1620. The molecule has 1 amide bonds. The van der Waals surface area contributed by atoms with Gasteiger partial charge in [0.25, 0.3) is 5.91 Å². The van der Waals surface area contributed by atoms with E-state index in [-0.39, 0.29) is 24.8 Å². The van der Waals surface area contributed by atoms with Crippen LogP contribution in [0, 0.1) is 13.8 Å². The molecule has 0 saturated carbocycles. The number of primary amides is 1. The minimum Gasteiger partial charge on any atom is -0.364 e. The summed E-state index contributed by atoms with van der Waals surface area (Å²) >= 11 is 0. The van der Waals surface area contributed by atoms with Crippen molar-refractivity contribution in [1.82, 2.24) is 19.3 Å². The summed E-state index contributed by atoms with van der Waals surface area (Å²) in [5.74, 6) is 0.0881. The molecule has 3 aromatic heterocycles. The van der Waals surface area contributed by atoms with Gasteiger partial charge in [-0.15, -0.1) is 24.8 Å². The second kappa shape index (κ2) is 11.3. The number of carbonyl (C=O) groups excluding carboxylic acids is 1. The molecule has 0 unspecified atom stereocenters. The number of fused-ring (bicyclic) bond motifs is 4. The van der Waals surface area contributed by atoms with Gasteiger partial charge >= 0.3 is 0 Å². The third kappa shape index (κ3) is 4.96. The average Bonchev–Trinajstić information content (AvgIpc) is 3.33. The van der Waals surface area contributed by atoms with E-state index < -0.39 is 5.91 Å². The van der Waals surface area contributed by atoms with Crippen molar-refractivity contribution in [2.45, 2.75) is 39.0 Å². The first kappa shape index (κ1) is 27.8. The zero-order valence-electron chi connectivity index (χ0n) is 21.7. The van der Waals surface area contributed by atoms with Crippen LogP contribution in [0.25, 0.3) is 27.3 Å². The molecule has 0 aliphatic carbocycles. The summed E-state index contributed by atoms with van der Waals surface area (Å²) in [4.78, 5) is 23.3. The summed E-state index contributed by atoms with van der Waals surface area (Å²) in [6.45, 7) is 7.50. The first-order chi connectivity index (χ1) is 17.5. The Morgan fingerprint density at radius 1 is 0.947 bits per heavy atom. The van der Waals surface area contributed by atoms with Gasteiger partial charge in [0.05, 0.1) is 16.6 Å². The number of halogens is 2. The van der Waals surface area contributed by atoms with Gasteiger partial charge in [0, 0.05) is 23.0 Å². The number of pyridine rings is 2. The Hall–Kier alpha value is -3.19. The molecule has 0 radical (unpaired) electrons. The van der Waals surface area contributed by atoms with E-state index in [1.54, 1.807) is 6.33 Å². The Labute approximate surface area is 235 Å². The number of rotatable bonds is 5. The number of aromatic nitrogens is 3. The molecule has 1 aliphatic heterocycles. The lowest BCUT2D eigenvalue weighted by atomic mass is 9.87. The number of benzene rings is 2. The second-order valence-electron chi connectivity index (χ2n) is 10.1. The summed E-state index contributed by atoms with van der Waals surface area (Å²) in [6.07, 6.45) is 5.04. The van der Waals surface area contributed by atoms with Crippen LogP contribution in [0.3, 0.4) is 0 Å². The van der Waals surface area contributed by atoms with Crippen molar-refractivity contribution in [2.75, 3.05) is 19.6 Å². The lowest BCUT2D eigenvalue weighted by Crippen LogP contribution is -2.34. The van der Waals surface area contributed by atoms with Crippen LogP contribution in [0.2, 0.25) is 0 Å². The third-order valence-electron chi connectivity index (χ3n) is 7.88. The Balaban J connectivity index is 0.00000168. The molecule has 0 atom stereocenters. The van der Waals surface area contributed by atoms with Gasteiger partial charge in [-0.05, 0) is 93.1 Å². The van der Waals surface area contributed by atoms with E-state index in [4.69, 9.17) is 10.7 Å². The fourth-order valence-corrected chi connectivity index (χ4v) is 5.92. The van der Waals surface area contributed by atoms with Crippen molar-refractivity contribution in [3.05, 3.63) is 89.0 Å². The number of amides is 1. The summed E-state index contributed by atoms with van der Waals surface area (Å²) in [5.41, 5.74) is 13.9. The number of aryl methyl sites for hydroxylation is 2. The third-order valence-corrected chi connectivity index (χ3v) is 7.88. The highest BCUT2D eigenvalue weighted by Crippen LogP contribution is 2.33. The van der Waals surface area contributed by atoms with Crippen LogP contribution in [-0.4, -0.2) is 44.8 Å². The first-order valence-corrected chi connectivity index (χ1v) is 12.8. The van der Waals surface area contributed by atoms with Gasteiger partial charge in [0.1, 0.15) is 6.33 Å². The maximum atomic E-state index is 11.7. The van der Waals surface area contributed by atoms with E-state index in [9.17, 15) is 4.79 Å². The molecule has 6 rings (SSSR count). The lowest BCUT2D eigenvalue weighted by Gasteiger charge is -2.33. The van der Waals surface area contributed by atoms with Gasteiger partial charge in [0.15, 0.2) is 5.69 Å². The average molecular weight is 551 g/mol. The normalized spacial score (nSPS) is 14.5. The molecule has 198 valence electrons. The number of imidazole rings is 1. The van der Waals surface area contributed by atoms with E-state index in [0.29, 0.717) is 11.6 Å². The molecule has 2 aromatic carbocycles. The highest BCUT2D eigenvalue weighted by Gasteiger charge is 2.22. The van der Waals surface area contributed by atoms with E-state index in [2.05, 4.69) is 72.3 Å². The van der Waals surface area contributed by atoms with E-state index >= 15 is 0 Å². The highest BCUT2D eigenvalue weighted by atomic mass is 35.5. The van der Waals surface area contributed by atoms with Crippen molar-refractivity contribution in [3.8, 4) is 0 Å². The number of likely N-dealkylation sites (tertiary alicyclic amines) is 1. The topological polar surface area (TPSA) is 76.5 Å². The lowest BCUT2D eigenvalue weighted by molar-refractivity contribution is 0.0997. The minimum atomic E-state index is -0.498. The van der Waals surface area contributed by atoms with E-state index in [0.717, 1.165) is 48.3 Å². The van der Waals surface area contributed by atoms with Crippen LogP contribution >= 0.6 is 24.8 Å². The molecule has 2 N–H and O–H groups in total. The largest absolute Gasteiger partial charge is 0.364 e. The van der Waals surface area contributed by atoms with Crippen LogP contribution in [0.4, 0.5) is 0 Å². The molecule has 4 heterocycles. The van der Waals surface area contributed by atoms with Gasteiger partial charge in [0.2, 0.25) is 0 Å². The molecule has 1 fully saturated rings.